The zero-order valence-corrected chi connectivity index (χ0v) is 10.8. The molecule has 6 heteroatoms. The standard InChI is InChI=1S/C11H7Cl3N2O/c12-7-1-2-8(13)10(14)9(7)11-6(4-17)3-15-5-16-11/h1-3,5,17H,4H2. The van der Waals surface area contributed by atoms with Crippen LogP contribution in [-0.2, 0) is 6.61 Å². The van der Waals surface area contributed by atoms with Crippen molar-refractivity contribution >= 4 is 34.8 Å². The van der Waals surface area contributed by atoms with Gasteiger partial charge in [0.25, 0.3) is 0 Å². The minimum atomic E-state index is -0.199. The van der Waals surface area contributed by atoms with Crippen LogP contribution in [0.2, 0.25) is 15.1 Å². The van der Waals surface area contributed by atoms with E-state index in [0.717, 1.165) is 0 Å². The molecule has 0 unspecified atom stereocenters. The molecule has 1 aromatic heterocycles. The number of aromatic nitrogens is 2. The van der Waals surface area contributed by atoms with Crippen molar-refractivity contribution in [3.05, 3.63) is 45.3 Å². The summed E-state index contributed by atoms with van der Waals surface area (Å²) in [5.41, 5.74) is 1.53. The van der Waals surface area contributed by atoms with E-state index in [2.05, 4.69) is 9.97 Å². The average Bonchev–Trinajstić information content (AvgIpc) is 2.35. The van der Waals surface area contributed by atoms with E-state index in [1.807, 2.05) is 0 Å². The third-order valence-corrected chi connectivity index (χ3v) is 3.36. The van der Waals surface area contributed by atoms with Crippen LogP contribution < -0.4 is 0 Å². The lowest BCUT2D eigenvalue weighted by Gasteiger charge is -2.10. The minimum absolute atomic E-state index is 0.199. The van der Waals surface area contributed by atoms with Gasteiger partial charge in [-0.25, -0.2) is 9.97 Å². The molecule has 3 nitrogen and oxygen atoms in total. The van der Waals surface area contributed by atoms with Gasteiger partial charge in [0.15, 0.2) is 0 Å². The number of halogens is 3. The Morgan fingerprint density at radius 2 is 1.82 bits per heavy atom. The molecule has 1 heterocycles. The third-order valence-electron chi connectivity index (χ3n) is 2.24. The fourth-order valence-electron chi connectivity index (χ4n) is 1.44. The number of aliphatic hydroxyl groups excluding tert-OH is 1. The Kier molecular flexibility index (Phi) is 3.84. The van der Waals surface area contributed by atoms with Crippen LogP contribution in [0.25, 0.3) is 11.3 Å². The average molecular weight is 290 g/mol. The van der Waals surface area contributed by atoms with Gasteiger partial charge in [-0.15, -0.1) is 0 Å². The summed E-state index contributed by atoms with van der Waals surface area (Å²) < 4.78 is 0. The number of hydrogen-bond donors (Lipinski definition) is 1. The van der Waals surface area contributed by atoms with Crippen LogP contribution in [0.5, 0.6) is 0 Å². The molecule has 2 rings (SSSR count). The van der Waals surface area contributed by atoms with Gasteiger partial charge in [-0.3, -0.25) is 0 Å². The predicted molar refractivity (Wildman–Crippen MR) is 68.4 cm³/mol. The van der Waals surface area contributed by atoms with E-state index < -0.39 is 0 Å². The molecule has 17 heavy (non-hydrogen) atoms. The largest absolute Gasteiger partial charge is 0.392 e. The van der Waals surface area contributed by atoms with Gasteiger partial charge in [0.1, 0.15) is 6.33 Å². The van der Waals surface area contributed by atoms with Crippen LogP contribution in [0.3, 0.4) is 0 Å². The molecule has 1 aromatic carbocycles. The number of aliphatic hydroxyl groups is 1. The van der Waals surface area contributed by atoms with Gasteiger partial charge in [0.05, 0.1) is 27.4 Å². The van der Waals surface area contributed by atoms with Crippen molar-refractivity contribution in [1.29, 1.82) is 0 Å². The third kappa shape index (κ3) is 2.38. The van der Waals surface area contributed by atoms with Crippen molar-refractivity contribution in [2.45, 2.75) is 6.61 Å². The smallest absolute Gasteiger partial charge is 0.116 e. The van der Waals surface area contributed by atoms with Gasteiger partial charge in [-0.2, -0.15) is 0 Å². The van der Waals surface area contributed by atoms with E-state index >= 15 is 0 Å². The van der Waals surface area contributed by atoms with Crippen LogP contribution in [0, 0.1) is 0 Å². The van der Waals surface area contributed by atoms with Gasteiger partial charge < -0.3 is 5.11 Å². The van der Waals surface area contributed by atoms with Crippen LogP contribution in [0.4, 0.5) is 0 Å². The lowest BCUT2D eigenvalue weighted by atomic mass is 10.1. The molecule has 0 amide bonds. The fraction of sp³-hybridized carbons (Fsp3) is 0.0909. The van der Waals surface area contributed by atoms with Crippen molar-refractivity contribution in [2.24, 2.45) is 0 Å². The van der Waals surface area contributed by atoms with Crippen molar-refractivity contribution in [1.82, 2.24) is 9.97 Å². The highest BCUT2D eigenvalue weighted by Gasteiger charge is 2.16. The molecule has 2 aromatic rings. The Labute approximate surface area is 113 Å². The highest BCUT2D eigenvalue weighted by Crippen LogP contribution is 2.39. The summed E-state index contributed by atoms with van der Waals surface area (Å²) in [5, 5.41) is 10.4. The van der Waals surface area contributed by atoms with Crippen LogP contribution >= 0.6 is 34.8 Å². The van der Waals surface area contributed by atoms with Gasteiger partial charge in [-0.05, 0) is 12.1 Å². The second-order valence-corrected chi connectivity index (χ2v) is 4.47. The van der Waals surface area contributed by atoms with E-state index in [4.69, 9.17) is 34.8 Å². The topological polar surface area (TPSA) is 46.0 Å². The van der Waals surface area contributed by atoms with E-state index in [1.165, 1.54) is 12.5 Å². The summed E-state index contributed by atoms with van der Waals surface area (Å²) >= 11 is 18.1. The number of benzene rings is 1. The van der Waals surface area contributed by atoms with Crippen molar-refractivity contribution in [3.8, 4) is 11.3 Å². The number of nitrogens with zero attached hydrogens (tertiary/aromatic N) is 2. The summed E-state index contributed by atoms with van der Waals surface area (Å²) in [6.45, 7) is -0.199. The lowest BCUT2D eigenvalue weighted by molar-refractivity contribution is 0.281. The summed E-state index contributed by atoms with van der Waals surface area (Å²) in [6.07, 6.45) is 2.87. The molecule has 0 spiro atoms. The summed E-state index contributed by atoms with van der Waals surface area (Å²) in [4.78, 5) is 7.92. The van der Waals surface area contributed by atoms with E-state index in [1.54, 1.807) is 12.1 Å². The maximum Gasteiger partial charge on any atom is 0.116 e. The van der Waals surface area contributed by atoms with Crippen LogP contribution in [-0.4, -0.2) is 15.1 Å². The van der Waals surface area contributed by atoms with Crippen LogP contribution in [0.1, 0.15) is 5.56 Å². The highest BCUT2D eigenvalue weighted by molar-refractivity contribution is 6.46. The summed E-state index contributed by atoms with van der Waals surface area (Å²) in [6, 6.07) is 3.24. The maximum atomic E-state index is 9.23. The highest BCUT2D eigenvalue weighted by atomic mass is 35.5. The SMILES string of the molecule is OCc1cncnc1-c1c(Cl)ccc(Cl)c1Cl. The molecule has 0 atom stereocenters. The molecule has 0 bridgehead atoms. The number of rotatable bonds is 2. The first kappa shape index (κ1) is 12.6. The normalized spacial score (nSPS) is 10.6. The Balaban J connectivity index is 2.72. The van der Waals surface area contributed by atoms with Crippen molar-refractivity contribution in [2.75, 3.05) is 0 Å². The van der Waals surface area contributed by atoms with Gasteiger partial charge in [-0.1, -0.05) is 34.8 Å². The predicted octanol–water partition coefficient (Wildman–Crippen LogP) is 3.60. The zero-order chi connectivity index (χ0) is 12.4. The molecule has 0 aliphatic heterocycles. The zero-order valence-electron chi connectivity index (χ0n) is 8.49. The fourth-order valence-corrected chi connectivity index (χ4v) is 2.15. The Bertz CT molecular complexity index is 560. The maximum absolute atomic E-state index is 9.23. The first-order chi connectivity index (χ1) is 8.15. The van der Waals surface area contributed by atoms with Gasteiger partial charge >= 0.3 is 0 Å². The molecule has 0 saturated carbocycles. The molecule has 0 fully saturated rings. The Hall–Kier alpha value is -0.870. The molecule has 88 valence electrons. The van der Waals surface area contributed by atoms with Gasteiger partial charge in [0, 0.05) is 17.3 Å². The number of hydrogen-bond acceptors (Lipinski definition) is 3. The molecule has 0 radical (unpaired) electrons. The molecule has 0 aliphatic rings. The summed E-state index contributed by atoms with van der Waals surface area (Å²) in [7, 11) is 0. The summed E-state index contributed by atoms with van der Waals surface area (Å²) in [5.74, 6) is 0. The van der Waals surface area contributed by atoms with Crippen molar-refractivity contribution < 1.29 is 5.11 Å². The minimum Gasteiger partial charge on any atom is -0.392 e. The van der Waals surface area contributed by atoms with Crippen molar-refractivity contribution in [3.63, 3.8) is 0 Å². The first-order valence-electron chi connectivity index (χ1n) is 4.68. The van der Waals surface area contributed by atoms with E-state index in [-0.39, 0.29) is 6.61 Å². The monoisotopic (exact) mass is 288 g/mol. The lowest BCUT2D eigenvalue weighted by Crippen LogP contribution is -1.96. The molecular weight excluding hydrogens is 282 g/mol. The van der Waals surface area contributed by atoms with E-state index in [9.17, 15) is 5.11 Å². The first-order valence-corrected chi connectivity index (χ1v) is 5.82. The van der Waals surface area contributed by atoms with E-state index in [0.29, 0.717) is 31.9 Å². The quantitative estimate of drug-likeness (QED) is 0.859. The van der Waals surface area contributed by atoms with Gasteiger partial charge in [0.2, 0.25) is 0 Å². The molecular formula is C11H7Cl3N2O. The Morgan fingerprint density at radius 1 is 1.12 bits per heavy atom. The molecule has 1 N–H and O–H groups in total. The second-order valence-electron chi connectivity index (χ2n) is 3.27. The molecule has 0 aliphatic carbocycles. The van der Waals surface area contributed by atoms with Crippen LogP contribution in [0.15, 0.2) is 24.7 Å². The Morgan fingerprint density at radius 3 is 2.53 bits per heavy atom. The molecule has 0 saturated heterocycles. The second kappa shape index (κ2) is 5.19.